The molecule has 4 heterocycles. The fraction of sp³-hybridized carbons (Fsp3) is 0.571. The summed E-state index contributed by atoms with van der Waals surface area (Å²) in [6, 6.07) is 10.8. The molecule has 3 N–H and O–H groups in total. The normalized spacial score (nSPS) is 21.4. The van der Waals surface area contributed by atoms with Gasteiger partial charge in [0, 0.05) is 64.0 Å². The summed E-state index contributed by atoms with van der Waals surface area (Å²) in [6.07, 6.45) is 3.02. The molecule has 4 aliphatic rings. The number of nitrogens with one attached hydrogen (secondary N) is 1. The van der Waals surface area contributed by atoms with E-state index in [2.05, 4.69) is 21.2 Å². The molecule has 0 bridgehead atoms. The van der Waals surface area contributed by atoms with E-state index in [4.69, 9.17) is 12.6 Å². The van der Waals surface area contributed by atoms with Crippen LogP contribution in [-0.2, 0) is 32.4 Å². The molecule has 274 valence electrons. The van der Waals surface area contributed by atoms with E-state index < -0.39 is 27.8 Å². The molecule has 2 aromatic carbocycles. The van der Waals surface area contributed by atoms with Crippen molar-refractivity contribution in [1.82, 2.24) is 19.0 Å². The first-order valence-electron chi connectivity index (χ1n) is 17.6. The molecule has 2 radical (unpaired) electrons. The number of hydrogen-bond acceptors (Lipinski definition) is 8. The summed E-state index contributed by atoms with van der Waals surface area (Å²) in [5.74, 6) is -0.580. The van der Waals surface area contributed by atoms with E-state index in [1.54, 1.807) is 21.9 Å². The Kier molecular flexibility index (Phi) is 11.3. The van der Waals surface area contributed by atoms with Gasteiger partial charge in [0.2, 0.25) is 10.0 Å². The number of benzene rings is 2. The standard InChI is InChI=1S/C35H45BBrN5O8S/c1-51(48,49)41-18-11-35(47,12-19-41)25-7-13-39(14-8-25)32(44)30(22-23-20-27(36)31(43)28(37)21-23)50-34(46)40-15-9-26(10-16-40)42-17-6-24-4-2-3-5-29(24)38-33(42)45/h2-5,20-21,25-26,30,43,47H,6-19,22H2,1H3,(H,38,45)/t30-/m1/s1. The van der Waals surface area contributed by atoms with Crippen LogP contribution in [0.3, 0.4) is 0 Å². The number of anilines is 1. The molecular formula is C35H45BBrN5O8S. The van der Waals surface area contributed by atoms with Gasteiger partial charge in [-0.25, -0.2) is 22.3 Å². The number of piperidine rings is 3. The maximum Gasteiger partial charge on any atom is 0.410 e. The van der Waals surface area contributed by atoms with E-state index in [-0.39, 0.29) is 54.6 Å². The zero-order valence-corrected chi connectivity index (χ0v) is 31.2. The number of carbonyl (C=O) groups is 3. The van der Waals surface area contributed by atoms with Gasteiger partial charge in [-0.1, -0.05) is 29.7 Å². The van der Waals surface area contributed by atoms with Crippen LogP contribution < -0.4 is 10.8 Å². The van der Waals surface area contributed by atoms with Crippen molar-refractivity contribution in [3.05, 3.63) is 52.0 Å². The zero-order chi connectivity index (χ0) is 36.5. The highest BCUT2D eigenvalue weighted by molar-refractivity contribution is 9.10. The summed E-state index contributed by atoms with van der Waals surface area (Å²) in [6.45, 7) is 2.52. The van der Waals surface area contributed by atoms with Crippen LogP contribution in [0.1, 0.15) is 49.7 Å². The molecule has 3 fully saturated rings. The Bertz CT molecular complexity index is 1720. The zero-order valence-electron chi connectivity index (χ0n) is 28.8. The van der Waals surface area contributed by atoms with Crippen LogP contribution in [-0.4, -0.2) is 133 Å². The highest BCUT2D eigenvalue weighted by Crippen LogP contribution is 2.37. The van der Waals surface area contributed by atoms with Crippen LogP contribution in [0.2, 0.25) is 0 Å². The highest BCUT2D eigenvalue weighted by Gasteiger charge is 2.44. The number of halogens is 1. The lowest BCUT2D eigenvalue weighted by molar-refractivity contribution is -0.145. The number of fused-ring (bicyclic) bond motifs is 1. The molecule has 1 atom stereocenters. The van der Waals surface area contributed by atoms with E-state index in [0.29, 0.717) is 81.3 Å². The Balaban J connectivity index is 1.08. The molecule has 51 heavy (non-hydrogen) atoms. The molecule has 13 nitrogen and oxygen atoms in total. The average Bonchev–Trinajstić information content (AvgIpc) is 3.28. The third-order valence-corrected chi connectivity index (χ3v) is 12.9. The minimum atomic E-state index is -3.33. The number of phenols is 1. The third kappa shape index (κ3) is 8.50. The van der Waals surface area contributed by atoms with E-state index in [1.807, 2.05) is 29.2 Å². The molecule has 0 aliphatic carbocycles. The molecule has 4 aliphatic heterocycles. The largest absolute Gasteiger partial charge is 0.507 e. The lowest BCUT2D eigenvalue weighted by atomic mass is 9.75. The molecule has 0 aromatic heterocycles. The van der Waals surface area contributed by atoms with Gasteiger partial charge in [0.05, 0.1) is 16.3 Å². The molecule has 6 rings (SSSR count). The fourth-order valence-corrected chi connectivity index (χ4v) is 9.31. The van der Waals surface area contributed by atoms with Crippen LogP contribution in [0.5, 0.6) is 5.75 Å². The number of sulfonamides is 1. The second-order valence-corrected chi connectivity index (χ2v) is 17.0. The maximum atomic E-state index is 14.0. The number of rotatable bonds is 7. The van der Waals surface area contributed by atoms with Crippen molar-refractivity contribution in [3.8, 4) is 5.75 Å². The van der Waals surface area contributed by atoms with Crippen molar-refractivity contribution < 1.29 is 37.8 Å². The number of phenolic OH excluding ortho intramolecular Hbond substituents is 1. The van der Waals surface area contributed by atoms with Crippen LogP contribution in [0.4, 0.5) is 15.3 Å². The quantitative estimate of drug-likeness (QED) is 0.362. The molecule has 16 heteroatoms. The summed E-state index contributed by atoms with van der Waals surface area (Å²) >= 11 is 3.30. The second-order valence-electron chi connectivity index (χ2n) is 14.2. The Morgan fingerprint density at radius 2 is 1.67 bits per heavy atom. The summed E-state index contributed by atoms with van der Waals surface area (Å²) < 4.78 is 31.7. The van der Waals surface area contributed by atoms with Crippen molar-refractivity contribution >= 4 is 63.0 Å². The number of aromatic hydroxyl groups is 1. The number of ether oxygens (including phenoxy) is 1. The van der Waals surface area contributed by atoms with Crippen LogP contribution >= 0.6 is 15.9 Å². The maximum absolute atomic E-state index is 14.0. The summed E-state index contributed by atoms with van der Waals surface area (Å²) in [7, 11) is 2.67. The van der Waals surface area contributed by atoms with E-state index in [9.17, 15) is 33.0 Å². The second kappa shape index (κ2) is 15.3. The van der Waals surface area contributed by atoms with Crippen LogP contribution in [0.15, 0.2) is 40.9 Å². The summed E-state index contributed by atoms with van der Waals surface area (Å²) in [5.41, 5.74) is 1.61. The molecule has 0 spiro atoms. The van der Waals surface area contributed by atoms with Gasteiger partial charge in [-0.3, -0.25) is 4.79 Å². The molecule has 2 aromatic rings. The minimum absolute atomic E-state index is 0.0316. The van der Waals surface area contributed by atoms with E-state index in [1.165, 1.54) is 10.6 Å². The lowest BCUT2D eigenvalue weighted by Crippen LogP contribution is -2.54. The molecule has 3 saturated heterocycles. The molecular weight excluding hydrogens is 741 g/mol. The van der Waals surface area contributed by atoms with Gasteiger partial charge in [0.1, 0.15) is 13.6 Å². The molecule has 0 unspecified atom stereocenters. The topological polar surface area (TPSA) is 160 Å². The number of para-hydroxylation sites is 1. The number of urea groups is 1. The predicted octanol–water partition coefficient (Wildman–Crippen LogP) is 2.58. The van der Waals surface area contributed by atoms with Gasteiger partial charge in [0.15, 0.2) is 6.10 Å². The first kappa shape index (κ1) is 37.4. The Hall–Kier alpha value is -3.34. The number of carbonyl (C=O) groups excluding carboxylic acids is 3. The number of likely N-dealkylation sites (tertiary alicyclic amines) is 2. The van der Waals surface area contributed by atoms with Gasteiger partial charge < -0.3 is 35.0 Å². The van der Waals surface area contributed by atoms with Crippen molar-refractivity contribution in [2.24, 2.45) is 5.92 Å². The number of aliphatic hydroxyl groups is 1. The first-order chi connectivity index (χ1) is 24.2. The van der Waals surface area contributed by atoms with E-state index >= 15 is 0 Å². The predicted molar refractivity (Wildman–Crippen MR) is 196 cm³/mol. The summed E-state index contributed by atoms with van der Waals surface area (Å²) in [5, 5.41) is 24.6. The Morgan fingerprint density at radius 3 is 2.31 bits per heavy atom. The number of amides is 4. The van der Waals surface area contributed by atoms with Gasteiger partial charge in [-0.05, 0) is 90.1 Å². The number of nitrogens with zero attached hydrogens (tertiary/aromatic N) is 4. The van der Waals surface area contributed by atoms with Crippen molar-refractivity contribution in [1.29, 1.82) is 0 Å². The highest BCUT2D eigenvalue weighted by atomic mass is 79.9. The van der Waals surface area contributed by atoms with Gasteiger partial charge in [-0.15, -0.1) is 0 Å². The Labute approximate surface area is 308 Å². The molecule has 4 amide bonds. The number of hydrogen-bond donors (Lipinski definition) is 3. The van der Waals surface area contributed by atoms with Gasteiger partial charge in [0.25, 0.3) is 5.91 Å². The first-order valence-corrected chi connectivity index (χ1v) is 20.2. The SMILES string of the molecule is [B]c1cc(C[C@@H](OC(=O)N2CCC(N3CCc4ccccc4NC3=O)CC2)C(=O)N2CCC(C3(O)CCN(S(C)(=O)=O)CC3)CC2)cc(Br)c1O. The average molecular weight is 787 g/mol. The summed E-state index contributed by atoms with van der Waals surface area (Å²) in [4.78, 5) is 45.8. The van der Waals surface area contributed by atoms with Gasteiger partial charge >= 0.3 is 12.1 Å². The Morgan fingerprint density at radius 1 is 1.02 bits per heavy atom. The monoisotopic (exact) mass is 785 g/mol. The fourth-order valence-electron chi connectivity index (χ4n) is 7.94. The molecule has 0 saturated carbocycles. The third-order valence-electron chi connectivity index (χ3n) is 11.0. The smallest absolute Gasteiger partial charge is 0.410 e. The lowest BCUT2D eigenvalue weighted by Gasteiger charge is -2.45. The van der Waals surface area contributed by atoms with Crippen molar-refractivity contribution in [2.75, 3.05) is 57.4 Å². The van der Waals surface area contributed by atoms with Crippen molar-refractivity contribution in [2.45, 2.75) is 69.1 Å². The van der Waals surface area contributed by atoms with Crippen LogP contribution in [0, 0.1) is 5.92 Å². The van der Waals surface area contributed by atoms with Crippen LogP contribution in [0.25, 0.3) is 0 Å². The minimum Gasteiger partial charge on any atom is -0.507 e. The van der Waals surface area contributed by atoms with Crippen molar-refractivity contribution in [3.63, 3.8) is 0 Å². The van der Waals surface area contributed by atoms with E-state index in [0.717, 1.165) is 17.7 Å². The van der Waals surface area contributed by atoms with Gasteiger partial charge in [-0.2, -0.15) is 0 Å².